The Balaban J connectivity index is 1.82. The molecule has 0 spiro atoms. The molecule has 0 aliphatic carbocycles. The van der Waals surface area contributed by atoms with E-state index in [4.69, 9.17) is 0 Å². The van der Waals surface area contributed by atoms with Crippen molar-refractivity contribution in [3.8, 4) is 5.75 Å². The maximum atomic E-state index is 12.0. The van der Waals surface area contributed by atoms with Crippen molar-refractivity contribution in [2.24, 2.45) is 5.10 Å². The van der Waals surface area contributed by atoms with E-state index >= 15 is 0 Å². The van der Waals surface area contributed by atoms with Crippen LogP contribution in [0, 0.1) is 13.8 Å². The number of hydrazone groups is 1. The third-order valence-electron chi connectivity index (χ3n) is 3.85. The first-order chi connectivity index (χ1) is 12.3. The first-order valence-corrected chi connectivity index (χ1v) is 8.35. The number of hydrogen-bond acceptors (Lipinski definition) is 4. The summed E-state index contributed by atoms with van der Waals surface area (Å²) in [4.78, 5) is 23.9. The van der Waals surface area contributed by atoms with Gasteiger partial charge in [0.25, 0.3) is 0 Å². The molecule has 0 unspecified atom stereocenters. The molecule has 6 nitrogen and oxygen atoms in total. The van der Waals surface area contributed by atoms with Gasteiger partial charge in [0.05, 0.1) is 5.71 Å². The molecule has 0 heterocycles. The summed E-state index contributed by atoms with van der Waals surface area (Å²) in [5.41, 5.74) is 6.55. The molecule has 0 atom stereocenters. The lowest BCUT2D eigenvalue weighted by Crippen LogP contribution is -2.22. The Morgan fingerprint density at radius 1 is 1.04 bits per heavy atom. The largest absolute Gasteiger partial charge is 0.508 e. The van der Waals surface area contributed by atoms with Crippen molar-refractivity contribution >= 4 is 23.2 Å². The minimum atomic E-state index is -0.347. The molecule has 0 aliphatic heterocycles. The van der Waals surface area contributed by atoms with Gasteiger partial charge in [-0.05, 0) is 44.5 Å². The fourth-order valence-electron chi connectivity index (χ4n) is 2.39. The number of nitrogens with one attached hydrogen (secondary N) is 2. The van der Waals surface area contributed by atoms with Crippen LogP contribution in [0.4, 0.5) is 5.69 Å². The Labute approximate surface area is 152 Å². The summed E-state index contributed by atoms with van der Waals surface area (Å²) >= 11 is 0. The molecule has 2 rings (SSSR count). The second kappa shape index (κ2) is 8.80. The van der Waals surface area contributed by atoms with Gasteiger partial charge in [-0.1, -0.05) is 29.8 Å². The van der Waals surface area contributed by atoms with Gasteiger partial charge in [0.15, 0.2) is 0 Å². The van der Waals surface area contributed by atoms with Gasteiger partial charge in [-0.2, -0.15) is 5.10 Å². The van der Waals surface area contributed by atoms with Gasteiger partial charge < -0.3 is 10.4 Å². The van der Waals surface area contributed by atoms with Crippen LogP contribution in [0.2, 0.25) is 0 Å². The van der Waals surface area contributed by atoms with Crippen molar-refractivity contribution in [3.63, 3.8) is 0 Å². The summed E-state index contributed by atoms with van der Waals surface area (Å²) < 4.78 is 0. The van der Waals surface area contributed by atoms with E-state index < -0.39 is 0 Å². The standard InChI is InChI=1S/C20H23N3O3/c1-13-7-8-18(14(2)11-13)21-19(25)9-10-20(26)23-22-15(3)16-5-4-6-17(24)12-16/h4-8,11-12,24H,9-10H2,1-3H3,(H,21,25)(H,23,26)/b22-15-. The maximum absolute atomic E-state index is 12.0. The number of carbonyl (C=O) groups is 2. The van der Waals surface area contributed by atoms with Crippen LogP contribution >= 0.6 is 0 Å². The average molecular weight is 353 g/mol. The number of benzene rings is 2. The number of amides is 2. The lowest BCUT2D eigenvalue weighted by atomic mass is 10.1. The molecule has 0 radical (unpaired) electrons. The van der Waals surface area contributed by atoms with E-state index in [0.29, 0.717) is 11.3 Å². The third kappa shape index (κ3) is 5.73. The summed E-state index contributed by atoms with van der Waals surface area (Å²) in [6, 6.07) is 12.4. The highest BCUT2D eigenvalue weighted by molar-refractivity contribution is 5.99. The van der Waals surface area contributed by atoms with E-state index in [9.17, 15) is 14.7 Å². The number of aromatic hydroxyl groups is 1. The van der Waals surface area contributed by atoms with Crippen molar-refractivity contribution in [1.29, 1.82) is 0 Å². The quantitative estimate of drug-likeness (QED) is 0.550. The highest BCUT2D eigenvalue weighted by Gasteiger charge is 2.08. The van der Waals surface area contributed by atoms with E-state index in [2.05, 4.69) is 15.8 Å². The monoisotopic (exact) mass is 353 g/mol. The number of hydrogen-bond donors (Lipinski definition) is 3. The number of anilines is 1. The molecule has 26 heavy (non-hydrogen) atoms. The molecule has 2 amide bonds. The van der Waals surface area contributed by atoms with Crippen molar-refractivity contribution in [2.45, 2.75) is 33.6 Å². The molecular formula is C20H23N3O3. The number of phenols is 1. The van der Waals surface area contributed by atoms with Gasteiger partial charge in [-0.3, -0.25) is 9.59 Å². The highest BCUT2D eigenvalue weighted by atomic mass is 16.3. The van der Waals surface area contributed by atoms with Gasteiger partial charge in [0.2, 0.25) is 11.8 Å². The van der Waals surface area contributed by atoms with Crippen molar-refractivity contribution < 1.29 is 14.7 Å². The lowest BCUT2D eigenvalue weighted by molar-refractivity contribution is -0.124. The molecule has 0 saturated carbocycles. The van der Waals surface area contributed by atoms with Crippen molar-refractivity contribution in [1.82, 2.24) is 5.43 Å². The van der Waals surface area contributed by atoms with Crippen LogP contribution < -0.4 is 10.7 Å². The van der Waals surface area contributed by atoms with Crippen molar-refractivity contribution in [2.75, 3.05) is 5.32 Å². The third-order valence-corrected chi connectivity index (χ3v) is 3.85. The van der Waals surface area contributed by atoms with Crippen LogP contribution in [0.15, 0.2) is 47.6 Å². The van der Waals surface area contributed by atoms with Crippen LogP contribution in [0.5, 0.6) is 5.75 Å². The predicted molar refractivity (Wildman–Crippen MR) is 102 cm³/mol. The second-order valence-electron chi connectivity index (χ2n) is 6.15. The fourth-order valence-corrected chi connectivity index (χ4v) is 2.39. The molecule has 6 heteroatoms. The van der Waals surface area contributed by atoms with Crippen LogP contribution in [0.25, 0.3) is 0 Å². The number of rotatable bonds is 6. The Bertz CT molecular complexity index is 844. The van der Waals surface area contributed by atoms with Crippen LogP contribution in [-0.2, 0) is 9.59 Å². The van der Waals surface area contributed by atoms with E-state index in [1.54, 1.807) is 31.2 Å². The number of phenolic OH excluding ortho intramolecular Hbond substituents is 1. The zero-order valence-electron chi connectivity index (χ0n) is 15.2. The molecular weight excluding hydrogens is 330 g/mol. The zero-order chi connectivity index (χ0) is 19.1. The van der Waals surface area contributed by atoms with Gasteiger partial charge in [0.1, 0.15) is 5.75 Å². The van der Waals surface area contributed by atoms with Gasteiger partial charge in [-0.25, -0.2) is 5.43 Å². The molecule has 0 saturated heterocycles. The SMILES string of the molecule is C/C(=N/NC(=O)CCC(=O)Nc1ccc(C)cc1C)c1cccc(O)c1. The van der Waals surface area contributed by atoms with Crippen LogP contribution in [-0.4, -0.2) is 22.6 Å². The topological polar surface area (TPSA) is 90.8 Å². The maximum Gasteiger partial charge on any atom is 0.240 e. The Hall–Kier alpha value is -3.15. The van der Waals surface area contributed by atoms with E-state index in [-0.39, 0.29) is 30.4 Å². The molecule has 2 aromatic rings. The molecule has 0 aromatic heterocycles. The zero-order valence-corrected chi connectivity index (χ0v) is 15.2. The van der Waals surface area contributed by atoms with Crippen LogP contribution in [0.1, 0.15) is 36.5 Å². The Morgan fingerprint density at radius 3 is 2.46 bits per heavy atom. The molecule has 2 aromatic carbocycles. The Morgan fingerprint density at radius 2 is 1.77 bits per heavy atom. The molecule has 0 aliphatic rings. The summed E-state index contributed by atoms with van der Waals surface area (Å²) in [5, 5.41) is 16.3. The number of aryl methyl sites for hydroxylation is 2. The van der Waals surface area contributed by atoms with Gasteiger partial charge in [0, 0.05) is 24.1 Å². The average Bonchev–Trinajstić information content (AvgIpc) is 2.60. The van der Waals surface area contributed by atoms with E-state index in [1.807, 2.05) is 32.0 Å². The lowest BCUT2D eigenvalue weighted by Gasteiger charge is -2.09. The van der Waals surface area contributed by atoms with Gasteiger partial charge in [-0.15, -0.1) is 0 Å². The molecule has 136 valence electrons. The Kier molecular flexibility index (Phi) is 6.49. The summed E-state index contributed by atoms with van der Waals surface area (Å²) in [5.74, 6) is -0.437. The molecule has 0 bridgehead atoms. The second-order valence-corrected chi connectivity index (χ2v) is 6.15. The molecule has 3 N–H and O–H groups in total. The summed E-state index contributed by atoms with van der Waals surface area (Å²) in [6.45, 7) is 5.64. The first-order valence-electron chi connectivity index (χ1n) is 8.35. The van der Waals surface area contributed by atoms with Crippen molar-refractivity contribution in [3.05, 3.63) is 59.2 Å². The highest BCUT2D eigenvalue weighted by Crippen LogP contribution is 2.16. The van der Waals surface area contributed by atoms with Gasteiger partial charge >= 0.3 is 0 Å². The minimum Gasteiger partial charge on any atom is -0.508 e. The van der Waals surface area contributed by atoms with E-state index in [0.717, 1.165) is 16.8 Å². The minimum absolute atomic E-state index is 0.0353. The number of nitrogens with zero attached hydrogens (tertiary/aromatic N) is 1. The smallest absolute Gasteiger partial charge is 0.240 e. The molecule has 0 fully saturated rings. The summed E-state index contributed by atoms with van der Waals surface area (Å²) in [6.07, 6.45) is 0.105. The predicted octanol–water partition coefficient (Wildman–Crippen LogP) is 3.27. The number of carbonyl (C=O) groups excluding carboxylic acids is 2. The summed E-state index contributed by atoms with van der Waals surface area (Å²) in [7, 11) is 0. The van der Waals surface area contributed by atoms with E-state index in [1.165, 1.54) is 0 Å². The normalized spacial score (nSPS) is 11.1. The fraction of sp³-hybridized carbons (Fsp3) is 0.250. The van der Waals surface area contributed by atoms with Crippen LogP contribution in [0.3, 0.4) is 0 Å². The first kappa shape index (κ1) is 19.2.